The first-order valence-corrected chi connectivity index (χ1v) is 8.21. The lowest BCUT2D eigenvalue weighted by atomic mass is 10.2. The summed E-state index contributed by atoms with van der Waals surface area (Å²) in [7, 11) is 2.19. The van der Waals surface area contributed by atoms with E-state index in [1.165, 1.54) is 39.1 Å². The number of hydrogen-bond donors (Lipinski definition) is 0. The fourth-order valence-electron chi connectivity index (χ4n) is 2.82. The first kappa shape index (κ1) is 14.7. The lowest BCUT2D eigenvalue weighted by Gasteiger charge is -2.33. The standard InChI is InChI=1S/C13H26BrN3O/c1-15-9-10-18-13(11-15)12-17-5-2-4-16(6-3-14)7-8-17/h13H,2-12H2,1H3. The molecule has 2 aliphatic rings. The lowest BCUT2D eigenvalue weighted by molar-refractivity contribution is -0.0350. The highest BCUT2D eigenvalue weighted by Crippen LogP contribution is 2.09. The zero-order chi connectivity index (χ0) is 12.8. The van der Waals surface area contributed by atoms with Crippen LogP contribution in [0.25, 0.3) is 0 Å². The van der Waals surface area contributed by atoms with Crippen molar-refractivity contribution in [1.29, 1.82) is 0 Å². The van der Waals surface area contributed by atoms with Crippen molar-refractivity contribution in [1.82, 2.24) is 14.7 Å². The Morgan fingerprint density at radius 2 is 1.89 bits per heavy atom. The summed E-state index contributed by atoms with van der Waals surface area (Å²) >= 11 is 3.53. The van der Waals surface area contributed by atoms with Crippen LogP contribution in [0.1, 0.15) is 6.42 Å². The predicted molar refractivity (Wildman–Crippen MR) is 78.5 cm³/mol. The van der Waals surface area contributed by atoms with Gasteiger partial charge >= 0.3 is 0 Å². The average molecular weight is 320 g/mol. The first-order chi connectivity index (χ1) is 8.78. The van der Waals surface area contributed by atoms with Crippen LogP contribution in [0, 0.1) is 0 Å². The minimum Gasteiger partial charge on any atom is -0.374 e. The summed E-state index contributed by atoms with van der Waals surface area (Å²) in [5.41, 5.74) is 0. The zero-order valence-electron chi connectivity index (χ0n) is 11.5. The van der Waals surface area contributed by atoms with Gasteiger partial charge in [0.05, 0.1) is 12.7 Å². The zero-order valence-corrected chi connectivity index (χ0v) is 13.1. The highest BCUT2D eigenvalue weighted by atomic mass is 79.9. The van der Waals surface area contributed by atoms with E-state index < -0.39 is 0 Å². The summed E-state index contributed by atoms with van der Waals surface area (Å²) in [6.45, 7) is 10.2. The van der Waals surface area contributed by atoms with Gasteiger partial charge in [-0.3, -0.25) is 4.90 Å². The number of nitrogens with zero attached hydrogens (tertiary/aromatic N) is 3. The maximum absolute atomic E-state index is 5.86. The van der Waals surface area contributed by atoms with Crippen LogP contribution in [0.5, 0.6) is 0 Å². The van der Waals surface area contributed by atoms with Gasteiger partial charge in [-0.1, -0.05) is 15.9 Å². The molecular formula is C13H26BrN3O. The van der Waals surface area contributed by atoms with Crippen molar-refractivity contribution in [2.45, 2.75) is 12.5 Å². The van der Waals surface area contributed by atoms with E-state index in [1.54, 1.807) is 0 Å². The summed E-state index contributed by atoms with van der Waals surface area (Å²) in [5.74, 6) is 0. The van der Waals surface area contributed by atoms with Crippen LogP contribution < -0.4 is 0 Å². The molecule has 5 heteroatoms. The SMILES string of the molecule is CN1CCOC(CN2CCCN(CCBr)CC2)C1. The molecule has 0 aromatic carbocycles. The Labute approximate surface area is 119 Å². The van der Waals surface area contributed by atoms with Crippen molar-refractivity contribution in [2.24, 2.45) is 0 Å². The molecule has 0 aromatic rings. The van der Waals surface area contributed by atoms with E-state index >= 15 is 0 Å². The molecule has 2 fully saturated rings. The van der Waals surface area contributed by atoms with E-state index in [9.17, 15) is 0 Å². The molecule has 4 nitrogen and oxygen atoms in total. The second-order valence-corrected chi connectivity index (χ2v) is 6.23. The monoisotopic (exact) mass is 319 g/mol. The van der Waals surface area contributed by atoms with Gasteiger partial charge < -0.3 is 14.5 Å². The van der Waals surface area contributed by atoms with Crippen molar-refractivity contribution in [3.05, 3.63) is 0 Å². The summed E-state index contributed by atoms with van der Waals surface area (Å²) in [6, 6.07) is 0. The van der Waals surface area contributed by atoms with E-state index in [4.69, 9.17) is 4.74 Å². The van der Waals surface area contributed by atoms with E-state index in [0.717, 1.165) is 31.6 Å². The van der Waals surface area contributed by atoms with Crippen LogP contribution in [0.3, 0.4) is 0 Å². The van der Waals surface area contributed by atoms with Gasteiger partial charge in [-0.2, -0.15) is 0 Å². The number of alkyl halides is 1. The summed E-state index contributed by atoms with van der Waals surface area (Å²) in [6.07, 6.45) is 1.70. The molecule has 2 rings (SSSR count). The second kappa shape index (κ2) is 7.80. The second-order valence-electron chi connectivity index (χ2n) is 5.44. The van der Waals surface area contributed by atoms with Crippen molar-refractivity contribution >= 4 is 15.9 Å². The maximum atomic E-state index is 5.86. The summed E-state index contributed by atoms with van der Waals surface area (Å²) < 4.78 is 5.86. The fourth-order valence-corrected chi connectivity index (χ4v) is 3.32. The molecule has 0 bridgehead atoms. The third-order valence-electron chi connectivity index (χ3n) is 3.89. The van der Waals surface area contributed by atoms with Crippen molar-refractivity contribution in [3.8, 4) is 0 Å². The normalized spacial score (nSPS) is 29.3. The predicted octanol–water partition coefficient (Wildman–Crippen LogP) is 0.720. The molecule has 0 aromatic heterocycles. The molecule has 106 valence electrons. The number of ether oxygens (including phenoxy) is 1. The molecule has 0 spiro atoms. The topological polar surface area (TPSA) is 19.0 Å². The van der Waals surface area contributed by atoms with Gasteiger partial charge in [0, 0.05) is 44.6 Å². The minimum absolute atomic E-state index is 0.409. The molecule has 0 saturated carbocycles. The van der Waals surface area contributed by atoms with Gasteiger partial charge in [0.2, 0.25) is 0 Å². The van der Waals surface area contributed by atoms with E-state index in [1.807, 2.05) is 0 Å². The maximum Gasteiger partial charge on any atom is 0.0829 e. The molecule has 0 aliphatic carbocycles. The van der Waals surface area contributed by atoms with E-state index in [0.29, 0.717) is 6.10 Å². The molecule has 0 radical (unpaired) electrons. The third kappa shape index (κ3) is 4.78. The number of morpholine rings is 1. The van der Waals surface area contributed by atoms with Crippen LogP contribution in [-0.4, -0.2) is 92.1 Å². The number of halogens is 1. The molecule has 18 heavy (non-hydrogen) atoms. The lowest BCUT2D eigenvalue weighted by Crippen LogP contribution is -2.46. The molecule has 2 aliphatic heterocycles. The van der Waals surface area contributed by atoms with E-state index in [2.05, 4.69) is 37.7 Å². The van der Waals surface area contributed by atoms with E-state index in [-0.39, 0.29) is 0 Å². The Morgan fingerprint density at radius 3 is 2.67 bits per heavy atom. The highest BCUT2D eigenvalue weighted by Gasteiger charge is 2.22. The largest absolute Gasteiger partial charge is 0.374 e. The van der Waals surface area contributed by atoms with Crippen LogP contribution in [0.4, 0.5) is 0 Å². The fraction of sp³-hybridized carbons (Fsp3) is 1.00. The molecule has 0 N–H and O–H groups in total. The molecule has 1 unspecified atom stereocenters. The van der Waals surface area contributed by atoms with Gasteiger partial charge in [-0.25, -0.2) is 0 Å². The Morgan fingerprint density at radius 1 is 1.11 bits per heavy atom. The van der Waals surface area contributed by atoms with Gasteiger partial charge in [-0.15, -0.1) is 0 Å². The van der Waals surface area contributed by atoms with Gasteiger partial charge in [0.25, 0.3) is 0 Å². The van der Waals surface area contributed by atoms with Gasteiger partial charge in [0.1, 0.15) is 0 Å². The van der Waals surface area contributed by atoms with Crippen molar-refractivity contribution in [3.63, 3.8) is 0 Å². The summed E-state index contributed by atoms with van der Waals surface area (Å²) in [4.78, 5) is 7.52. The minimum atomic E-state index is 0.409. The third-order valence-corrected chi connectivity index (χ3v) is 4.24. The van der Waals surface area contributed by atoms with Crippen LogP contribution in [-0.2, 0) is 4.74 Å². The van der Waals surface area contributed by atoms with Crippen molar-refractivity contribution < 1.29 is 4.74 Å². The first-order valence-electron chi connectivity index (χ1n) is 7.09. The Balaban J connectivity index is 1.72. The van der Waals surface area contributed by atoms with Gasteiger partial charge in [-0.05, 0) is 26.6 Å². The molecule has 0 amide bonds. The number of hydrogen-bond acceptors (Lipinski definition) is 4. The Kier molecular flexibility index (Phi) is 6.38. The van der Waals surface area contributed by atoms with Crippen LogP contribution in [0.15, 0.2) is 0 Å². The van der Waals surface area contributed by atoms with Gasteiger partial charge in [0.15, 0.2) is 0 Å². The highest BCUT2D eigenvalue weighted by molar-refractivity contribution is 9.09. The van der Waals surface area contributed by atoms with Crippen LogP contribution >= 0.6 is 15.9 Å². The molecular weight excluding hydrogens is 294 g/mol. The smallest absolute Gasteiger partial charge is 0.0829 e. The Bertz CT molecular complexity index is 242. The Hall–Kier alpha value is 0.320. The average Bonchev–Trinajstić information content (AvgIpc) is 2.56. The molecule has 2 heterocycles. The summed E-state index contributed by atoms with van der Waals surface area (Å²) in [5, 5.41) is 1.09. The quantitative estimate of drug-likeness (QED) is 0.711. The molecule has 1 atom stereocenters. The van der Waals surface area contributed by atoms with Crippen LogP contribution in [0.2, 0.25) is 0 Å². The number of likely N-dealkylation sites (N-methyl/N-ethyl adjacent to an activating group) is 1. The van der Waals surface area contributed by atoms with Crippen molar-refractivity contribution in [2.75, 3.05) is 71.3 Å². The number of rotatable bonds is 4. The molecule has 2 saturated heterocycles.